The second-order valence-electron chi connectivity index (χ2n) is 2.31. The first-order valence-corrected chi connectivity index (χ1v) is 4.05. The second kappa shape index (κ2) is 7.31. The van der Waals surface area contributed by atoms with Gasteiger partial charge in [-0.3, -0.25) is 0 Å². The van der Waals surface area contributed by atoms with Crippen molar-refractivity contribution in [2.75, 3.05) is 0 Å². The third-order valence-electron chi connectivity index (χ3n) is 1.50. The fourth-order valence-corrected chi connectivity index (χ4v) is 0.750. The normalized spacial score (nSPS) is 10.2. The average molecular weight is 186 g/mol. The summed E-state index contributed by atoms with van der Waals surface area (Å²) in [4.78, 5) is 0. The molecule has 12 heavy (non-hydrogen) atoms. The summed E-state index contributed by atoms with van der Waals surface area (Å²) in [5.74, 6) is 1.68. The van der Waals surface area contributed by atoms with E-state index in [1.807, 2.05) is 0 Å². The first kappa shape index (κ1) is 14.2. The van der Waals surface area contributed by atoms with Crippen molar-refractivity contribution < 1.29 is 17.3 Å². The fourth-order valence-electron chi connectivity index (χ4n) is 0.750. The molecular weight excluding hydrogens is 171 g/mol. The Bertz CT molecular complexity index is 76.4. The van der Waals surface area contributed by atoms with Gasteiger partial charge >= 0.3 is 7.25 Å². The molecule has 0 unspecified atom stereocenters. The van der Waals surface area contributed by atoms with Gasteiger partial charge in [0.15, 0.2) is 0 Å². The molecule has 0 saturated carbocycles. The van der Waals surface area contributed by atoms with Crippen LogP contribution in [0.3, 0.4) is 0 Å². The zero-order valence-corrected chi connectivity index (χ0v) is 7.71. The van der Waals surface area contributed by atoms with Gasteiger partial charge in [-0.1, -0.05) is 0 Å². The third-order valence-corrected chi connectivity index (χ3v) is 1.50. The van der Waals surface area contributed by atoms with Gasteiger partial charge in [0.25, 0.3) is 0 Å². The molecule has 0 aliphatic heterocycles. The molecule has 0 atom stereocenters. The number of halogens is 4. The maximum Gasteiger partial charge on any atom is 0.673 e. The Morgan fingerprint density at radius 3 is 1.00 bits per heavy atom. The topological polar surface area (TPSA) is 0 Å². The lowest BCUT2D eigenvalue weighted by atomic mass is 10.0. The highest BCUT2D eigenvalue weighted by molar-refractivity contribution is 6.50. The first-order valence-electron chi connectivity index (χ1n) is 4.05. The lowest BCUT2D eigenvalue weighted by Gasteiger charge is -1.94. The molecule has 0 spiro atoms. The zero-order valence-electron chi connectivity index (χ0n) is 7.71. The summed E-state index contributed by atoms with van der Waals surface area (Å²) in [6.45, 7) is 6.67. The minimum Gasteiger partial charge on any atom is -0.418 e. The molecule has 0 aromatic rings. The molecule has 0 fully saturated rings. The van der Waals surface area contributed by atoms with E-state index >= 15 is 0 Å². The number of hydrogen-bond acceptors (Lipinski definition) is 0. The van der Waals surface area contributed by atoms with Gasteiger partial charge in [0.1, 0.15) is 0 Å². The summed E-state index contributed by atoms with van der Waals surface area (Å²) in [5, 5.41) is 0. The molecule has 0 aliphatic carbocycles. The lowest BCUT2D eigenvalue weighted by Crippen LogP contribution is -2.02. The Morgan fingerprint density at radius 2 is 1.00 bits per heavy atom. The molecule has 0 aliphatic rings. The standard InChI is InChI=1S/C7H15.BF4/c1-4-7(5-2)6-3;2-1(3,4)5/h4-6H2,1-3H3;/q+1;-1. The molecule has 0 N–H and O–H groups in total. The van der Waals surface area contributed by atoms with Crippen LogP contribution in [0.5, 0.6) is 0 Å². The van der Waals surface area contributed by atoms with Gasteiger partial charge in [-0.05, 0) is 20.8 Å². The van der Waals surface area contributed by atoms with Crippen molar-refractivity contribution in [3.8, 4) is 0 Å². The van der Waals surface area contributed by atoms with Gasteiger partial charge in [0.05, 0.1) is 25.2 Å². The van der Waals surface area contributed by atoms with E-state index in [1.54, 1.807) is 5.92 Å². The van der Waals surface area contributed by atoms with Crippen LogP contribution in [0.2, 0.25) is 0 Å². The molecule has 0 heterocycles. The highest BCUT2D eigenvalue weighted by Crippen LogP contribution is 2.12. The number of rotatable bonds is 3. The number of hydrogen-bond donors (Lipinski definition) is 0. The van der Waals surface area contributed by atoms with Crippen LogP contribution in [-0.4, -0.2) is 7.25 Å². The minimum absolute atomic E-state index is 1.27. The van der Waals surface area contributed by atoms with Gasteiger partial charge in [-0.15, -0.1) is 0 Å². The Kier molecular flexibility index (Phi) is 8.65. The van der Waals surface area contributed by atoms with E-state index in [-0.39, 0.29) is 0 Å². The zero-order chi connectivity index (χ0) is 10.2. The van der Waals surface area contributed by atoms with Crippen LogP contribution < -0.4 is 0 Å². The largest absolute Gasteiger partial charge is 0.673 e. The van der Waals surface area contributed by atoms with Gasteiger partial charge in [0, 0.05) is 0 Å². The Morgan fingerprint density at radius 1 is 0.833 bits per heavy atom. The van der Waals surface area contributed by atoms with Crippen LogP contribution in [0.4, 0.5) is 17.3 Å². The molecule has 0 bridgehead atoms. The van der Waals surface area contributed by atoms with E-state index in [9.17, 15) is 17.3 Å². The predicted molar refractivity (Wildman–Crippen MR) is 44.3 cm³/mol. The molecule has 0 nitrogen and oxygen atoms in total. The summed E-state index contributed by atoms with van der Waals surface area (Å²) in [6, 6.07) is 0. The van der Waals surface area contributed by atoms with Crippen molar-refractivity contribution >= 4 is 7.25 Å². The molecule has 0 aromatic carbocycles. The Hall–Kier alpha value is -0.345. The van der Waals surface area contributed by atoms with Crippen LogP contribution in [0.15, 0.2) is 0 Å². The molecule has 0 amide bonds. The molecule has 74 valence electrons. The fraction of sp³-hybridized carbons (Fsp3) is 0.857. The third kappa shape index (κ3) is 22.6. The van der Waals surface area contributed by atoms with Crippen LogP contribution in [0.25, 0.3) is 0 Å². The molecule has 0 saturated heterocycles. The monoisotopic (exact) mass is 186 g/mol. The van der Waals surface area contributed by atoms with Gasteiger partial charge < -0.3 is 17.3 Å². The van der Waals surface area contributed by atoms with Crippen molar-refractivity contribution in [2.45, 2.75) is 40.0 Å². The summed E-state index contributed by atoms with van der Waals surface area (Å²) in [5.41, 5.74) is 0. The van der Waals surface area contributed by atoms with Crippen molar-refractivity contribution in [1.82, 2.24) is 0 Å². The van der Waals surface area contributed by atoms with Crippen molar-refractivity contribution in [3.63, 3.8) is 0 Å². The smallest absolute Gasteiger partial charge is 0.418 e. The van der Waals surface area contributed by atoms with Gasteiger partial charge in [0.2, 0.25) is 0 Å². The van der Waals surface area contributed by atoms with Crippen molar-refractivity contribution in [3.05, 3.63) is 5.92 Å². The van der Waals surface area contributed by atoms with E-state index in [0.717, 1.165) is 0 Å². The van der Waals surface area contributed by atoms with Crippen LogP contribution in [0, 0.1) is 5.92 Å². The maximum absolute atomic E-state index is 9.75. The van der Waals surface area contributed by atoms with E-state index in [1.165, 1.54) is 19.3 Å². The van der Waals surface area contributed by atoms with Crippen LogP contribution in [0.1, 0.15) is 40.0 Å². The summed E-state index contributed by atoms with van der Waals surface area (Å²) < 4.78 is 39.0. The van der Waals surface area contributed by atoms with Crippen LogP contribution >= 0.6 is 0 Å². The Balaban J connectivity index is 0. The van der Waals surface area contributed by atoms with Crippen LogP contribution in [-0.2, 0) is 0 Å². The maximum atomic E-state index is 9.75. The highest BCUT2D eigenvalue weighted by Gasteiger charge is 2.20. The lowest BCUT2D eigenvalue weighted by molar-refractivity contribution is 0.368. The molecule has 0 aromatic heterocycles. The predicted octanol–water partition coefficient (Wildman–Crippen LogP) is 4.09. The highest BCUT2D eigenvalue weighted by atomic mass is 19.5. The molecule has 0 rings (SSSR count). The molecule has 0 radical (unpaired) electrons. The quantitative estimate of drug-likeness (QED) is 0.353. The van der Waals surface area contributed by atoms with E-state index in [4.69, 9.17) is 0 Å². The van der Waals surface area contributed by atoms with E-state index in [0.29, 0.717) is 0 Å². The van der Waals surface area contributed by atoms with Crippen molar-refractivity contribution in [1.29, 1.82) is 0 Å². The SMILES string of the molecule is CC[C+](CC)CC.F[B-](F)(F)F. The second-order valence-corrected chi connectivity index (χ2v) is 2.31. The average Bonchev–Trinajstić information content (AvgIpc) is 1.88. The summed E-state index contributed by atoms with van der Waals surface area (Å²) in [6.07, 6.45) is 3.81. The van der Waals surface area contributed by atoms with Crippen molar-refractivity contribution in [2.24, 2.45) is 0 Å². The molecular formula is C7H15BF4. The van der Waals surface area contributed by atoms with Gasteiger partial charge in [-0.25, -0.2) is 0 Å². The first-order chi connectivity index (χ1) is 5.35. The summed E-state index contributed by atoms with van der Waals surface area (Å²) >= 11 is 0. The Labute approximate surface area is 71.5 Å². The van der Waals surface area contributed by atoms with E-state index < -0.39 is 7.25 Å². The summed E-state index contributed by atoms with van der Waals surface area (Å²) in [7, 11) is -6.00. The minimum atomic E-state index is -6.00. The van der Waals surface area contributed by atoms with E-state index in [2.05, 4.69) is 20.8 Å². The molecule has 5 heteroatoms. The van der Waals surface area contributed by atoms with Gasteiger partial charge in [-0.2, -0.15) is 0 Å².